The van der Waals surface area contributed by atoms with Crippen LogP contribution in [0.25, 0.3) is 33.5 Å². The fourth-order valence-electron chi connectivity index (χ4n) is 4.15. The van der Waals surface area contributed by atoms with Crippen LogP contribution in [0.2, 0.25) is 0 Å². The third-order valence-corrected chi connectivity index (χ3v) is 6.36. The first kappa shape index (κ1) is 27.3. The van der Waals surface area contributed by atoms with Crippen molar-refractivity contribution in [2.75, 3.05) is 20.8 Å². The van der Waals surface area contributed by atoms with Crippen molar-refractivity contribution in [2.45, 2.75) is 6.54 Å². The minimum Gasteiger partial charge on any atom is -0.497 e. The fraction of sp³-hybridized carbons (Fsp3) is 0.125. The molecule has 41 heavy (non-hydrogen) atoms. The third-order valence-electron chi connectivity index (χ3n) is 6.36. The van der Waals surface area contributed by atoms with Crippen molar-refractivity contribution in [3.8, 4) is 34.0 Å². The van der Waals surface area contributed by atoms with Crippen molar-refractivity contribution in [1.82, 2.24) is 15.3 Å². The zero-order valence-corrected chi connectivity index (χ0v) is 22.4. The molecule has 0 atom stereocenters. The molecule has 1 heterocycles. The van der Waals surface area contributed by atoms with E-state index >= 15 is 0 Å². The topological polar surface area (TPSA) is 99.6 Å². The van der Waals surface area contributed by atoms with Crippen LogP contribution in [0.5, 0.6) is 11.5 Å². The lowest BCUT2D eigenvalue weighted by atomic mass is 10.0. The van der Waals surface area contributed by atoms with Gasteiger partial charge in [-0.3, -0.25) is 4.79 Å². The van der Waals surface area contributed by atoms with Crippen LogP contribution < -0.4 is 14.8 Å². The van der Waals surface area contributed by atoms with Gasteiger partial charge in [0.2, 0.25) is 0 Å². The highest BCUT2D eigenvalue weighted by Gasteiger charge is 2.16. The van der Waals surface area contributed by atoms with E-state index in [1.54, 1.807) is 44.6 Å². The molecule has 1 N–H and O–H groups in total. The van der Waals surface area contributed by atoms with Crippen LogP contribution in [0.1, 0.15) is 15.9 Å². The first-order chi connectivity index (χ1) is 19.9. The maximum atomic E-state index is 13.1. The molecule has 0 bridgehead atoms. The van der Waals surface area contributed by atoms with Crippen molar-refractivity contribution in [3.63, 3.8) is 0 Å². The lowest BCUT2D eigenvalue weighted by Crippen LogP contribution is -2.28. The second-order valence-electron chi connectivity index (χ2n) is 9.06. The highest BCUT2D eigenvalue weighted by molar-refractivity contribution is 5.96. The molecule has 0 fully saturated rings. The summed E-state index contributed by atoms with van der Waals surface area (Å²) in [5.74, 6) is -0.0757. The molecular weight excluding hydrogens is 525 g/mol. The van der Waals surface area contributed by atoms with Gasteiger partial charge in [-0.05, 0) is 84.4 Å². The number of amides is 1. The van der Waals surface area contributed by atoms with Gasteiger partial charge in [0.1, 0.15) is 17.3 Å². The number of rotatable bonds is 9. The normalized spacial score (nSPS) is 10.7. The number of methoxy groups -OCH3 is 2. The number of esters is 1. The van der Waals surface area contributed by atoms with E-state index in [0.29, 0.717) is 28.2 Å². The quantitative estimate of drug-likeness (QED) is 0.238. The molecule has 5 rings (SSSR count). The SMILES string of the molecule is COc1ccc(-c2nc3ccc(C(=O)OCC(=O)NCc4ccc(F)cc4)cc3nc2-c2ccc(OC)cc2)cc1. The Hall–Kier alpha value is -5.31. The largest absolute Gasteiger partial charge is 0.497 e. The number of hydrogen-bond donors (Lipinski definition) is 1. The van der Waals surface area contributed by atoms with Crippen LogP contribution in [-0.2, 0) is 16.1 Å². The van der Waals surface area contributed by atoms with Crippen LogP contribution >= 0.6 is 0 Å². The van der Waals surface area contributed by atoms with Gasteiger partial charge >= 0.3 is 5.97 Å². The Kier molecular flexibility index (Phi) is 8.15. The lowest BCUT2D eigenvalue weighted by molar-refractivity contribution is -0.124. The fourth-order valence-corrected chi connectivity index (χ4v) is 4.15. The molecule has 0 radical (unpaired) electrons. The summed E-state index contributed by atoms with van der Waals surface area (Å²) >= 11 is 0. The molecule has 8 nitrogen and oxygen atoms in total. The third kappa shape index (κ3) is 6.47. The first-order valence-electron chi connectivity index (χ1n) is 12.7. The van der Waals surface area contributed by atoms with Gasteiger partial charge in [0, 0.05) is 17.7 Å². The molecule has 0 aliphatic rings. The highest BCUT2D eigenvalue weighted by Crippen LogP contribution is 2.33. The average molecular weight is 552 g/mol. The van der Waals surface area contributed by atoms with Crippen molar-refractivity contribution < 1.29 is 28.2 Å². The number of carbonyl (C=O) groups excluding carboxylic acids is 2. The summed E-state index contributed by atoms with van der Waals surface area (Å²) in [4.78, 5) is 34.7. The van der Waals surface area contributed by atoms with E-state index in [9.17, 15) is 14.0 Å². The molecule has 1 amide bonds. The summed E-state index contributed by atoms with van der Waals surface area (Å²) in [6.45, 7) is -0.274. The zero-order valence-electron chi connectivity index (χ0n) is 22.4. The van der Waals surface area contributed by atoms with Gasteiger partial charge in [-0.2, -0.15) is 0 Å². The van der Waals surface area contributed by atoms with Crippen molar-refractivity contribution in [2.24, 2.45) is 0 Å². The number of ether oxygens (including phenoxy) is 3. The standard InChI is InChI=1S/C32H26FN3O5/c1-39-25-12-5-21(6-13-25)30-31(22-7-14-26(40-2)15-8-22)36-28-17-23(9-16-27(28)35-30)32(38)41-19-29(37)34-18-20-3-10-24(33)11-4-20/h3-17H,18-19H2,1-2H3,(H,34,37). The predicted octanol–water partition coefficient (Wildman–Crippen LogP) is 5.59. The molecule has 9 heteroatoms. The minimum absolute atomic E-state index is 0.187. The van der Waals surface area contributed by atoms with Gasteiger partial charge in [-0.15, -0.1) is 0 Å². The zero-order chi connectivity index (χ0) is 28.8. The van der Waals surface area contributed by atoms with Gasteiger partial charge in [-0.25, -0.2) is 19.2 Å². The van der Waals surface area contributed by atoms with Gasteiger partial charge in [-0.1, -0.05) is 12.1 Å². The van der Waals surface area contributed by atoms with E-state index < -0.39 is 18.5 Å². The van der Waals surface area contributed by atoms with Gasteiger partial charge in [0.15, 0.2) is 6.61 Å². The summed E-state index contributed by atoms with van der Waals surface area (Å²) in [6, 6.07) is 25.6. The first-order valence-corrected chi connectivity index (χ1v) is 12.7. The number of carbonyl (C=O) groups is 2. The number of nitrogens with one attached hydrogen (secondary N) is 1. The van der Waals surface area contributed by atoms with Crippen LogP contribution in [-0.4, -0.2) is 42.7 Å². The Balaban J connectivity index is 1.38. The highest BCUT2D eigenvalue weighted by atomic mass is 19.1. The van der Waals surface area contributed by atoms with E-state index in [2.05, 4.69) is 5.32 Å². The van der Waals surface area contributed by atoms with Crippen LogP contribution in [0.15, 0.2) is 91.0 Å². The molecule has 0 saturated carbocycles. The molecule has 5 aromatic rings. The second-order valence-corrected chi connectivity index (χ2v) is 9.06. The smallest absolute Gasteiger partial charge is 0.338 e. The molecule has 1 aromatic heterocycles. The Morgan fingerprint density at radius 3 is 1.85 bits per heavy atom. The summed E-state index contributed by atoms with van der Waals surface area (Å²) < 4.78 is 28.9. The number of hydrogen-bond acceptors (Lipinski definition) is 7. The van der Waals surface area contributed by atoms with E-state index in [-0.39, 0.29) is 17.9 Å². The number of benzene rings is 4. The van der Waals surface area contributed by atoms with E-state index in [4.69, 9.17) is 24.2 Å². The van der Waals surface area contributed by atoms with Crippen LogP contribution in [0.4, 0.5) is 4.39 Å². The summed E-state index contributed by atoms with van der Waals surface area (Å²) in [7, 11) is 3.21. The van der Waals surface area contributed by atoms with E-state index in [1.165, 1.54) is 12.1 Å². The minimum atomic E-state index is -0.670. The van der Waals surface area contributed by atoms with E-state index in [0.717, 1.165) is 22.4 Å². The Morgan fingerprint density at radius 2 is 1.29 bits per heavy atom. The van der Waals surface area contributed by atoms with Crippen LogP contribution in [0.3, 0.4) is 0 Å². The monoisotopic (exact) mass is 551 g/mol. The summed E-state index contributed by atoms with van der Waals surface area (Å²) in [6.07, 6.45) is 0. The second kappa shape index (κ2) is 12.3. The number of fused-ring (bicyclic) bond motifs is 1. The maximum absolute atomic E-state index is 13.1. The Morgan fingerprint density at radius 1 is 0.732 bits per heavy atom. The van der Waals surface area contributed by atoms with Crippen molar-refractivity contribution in [1.29, 1.82) is 0 Å². The molecule has 0 spiro atoms. The maximum Gasteiger partial charge on any atom is 0.338 e. The van der Waals surface area contributed by atoms with Crippen LogP contribution in [0, 0.1) is 5.82 Å². The van der Waals surface area contributed by atoms with Crippen molar-refractivity contribution >= 4 is 22.9 Å². The molecule has 206 valence electrons. The number of halogens is 1. The molecule has 0 saturated heterocycles. The average Bonchev–Trinajstić information content (AvgIpc) is 3.02. The predicted molar refractivity (Wildman–Crippen MR) is 152 cm³/mol. The van der Waals surface area contributed by atoms with Crippen molar-refractivity contribution in [3.05, 3.63) is 108 Å². The van der Waals surface area contributed by atoms with E-state index in [1.807, 2.05) is 48.5 Å². The van der Waals surface area contributed by atoms with Gasteiger partial charge in [0.05, 0.1) is 42.2 Å². The van der Waals surface area contributed by atoms with Gasteiger partial charge in [0.25, 0.3) is 5.91 Å². The molecule has 4 aromatic carbocycles. The molecular formula is C32H26FN3O5. The molecule has 0 unspecified atom stereocenters. The number of aromatic nitrogens is 2. The van der Waals surface area contributed by atoms with Gasteiger partial charge < -0.3 is 19.5 Å². The Bertz CT molecular complexity index is 1690. The summed E-state index contributed by atoms with van der Waals surface area (Å²) in [5.41, 5.74) is 4.98. The number of nitrogens with zero attached hydrogens (tertiary/aromatic N) is 2. The summed E-state index contributed by atoms with van der Waals surface area (Å²) in [5, 5.41) is 2.64. The lowest BCUT2D eigenvalue weighted by Gasteiger charge is -2.12. The molecule has 0 aliphatic carbocycles. The molecule has 0 aliphatic heterocycles. The Labute approximate surface area is 235 Å².